The van der Waals surface area contributed by atoms with Crippen molar-refractivity contribution in [2.45, 2.75) is 31.9 Å². The average molecular weight is 317 g/mol. The van der Waals surface area contributed by atoms with Gasteiger partial charge in [0.25, 0.3) is 5.91 Å². The van der Waals surface area contributed by atoms with Crippen LogP contribution in [0.2, 0.25) is 0 Å². The standard InChI is InChI=1S/C17H19NO5/c1-10(19)14-15(11-4-6-12(20)7-5-11)18(17(22)16(14)21)9-13-3-2-8-23-13/h4-7,13,15,20-21H,2-3,8-9H2,1H3/t13-,15-/m0/s1. The number of amides is 1. The van der Waals surface area contributed by atoms with Gasteiger partial charge >= 0.3 is 0 Å². The summed E-state index contributed by atoms with van der Waals surface area (Å²) in [5.41, 5.74) is 0.766. The van der Waals surface area contributed by atoms with Gasteiger partial charge in [-0.3, -0.25) is 9.59 Å². The SMILES string of the molecule is CC(=O)C1=C(O)C(=O)N(C[C@@H]2CCCO2)[C@H]1c1ccc(O)cc1. The molecule has 2 aliphatic rings. The van der Waals surface area contributed by atoms with Crippen molar-refractivity contribution in [1.82, 2.24) is 4.90 Å². The second kappa shape index (κ2) is 6.04. The molecule has 6 heteroatoms. The van der Waals surface area contributed by atoms with Crippen LogP contribution in [0.3, 0.4) is 0 Å². The first-order valence-corrected chi connectivity index (χ1v) is 7.64. The number of phenolic OH excluding ortho intramolecular Hbond substituents is 1. The number of benzene rings is 1. The molecule has 0 spiro atoms. The van der Waals surface area contributed by atoms with E-state index < -0.39 is 17.7 Å². The Kier molecular flexibility index (Phi) is 4.09. The van der Waals surface area contributed by atoms with Gasteiger partial charge in [-0.15, -0.1) is 0 Å². The number of aromatic hydroxyl groups is 1. The maximum Gasteiger partial charge on any atom is 0.290 e. The Labute approximate surface area is 134 Å². The summed E-state index contributed by atoms with van der Waals surface area (Å²) in [6.07, 6.45) is 1.70. The van der Waals surface area contributed by atoms with Gasteiger partial charge in [-0.25, -0.2) is 0 Å². The van der Waals surface area contributed by atoms with Crippen molar-refractivity contribution in [3.8, 4) is 5.75 Å². The lowest BCUT2D eigenvalue weighted by molar-refractivity contribution is -0.131. The number of ketones is 1. The van der Waals surface area contributed by atoms with Crippen molar-refractivity contribution < 1.29 is 24.5 Å². The number of aliphatic hydroxyl groups is 1. The molecule has 2 heterocycles. The second-order valence-electron chi connectivity index (χ2n) is 5.91. The molecule has 1 fully saturated rings. The minimum atomic E-state index is -0.648. The van der Waals surface area contributed by atoms with Crippen LogP contribution in [0, 0.1) is 0 Å². The summed E-state index contributed by atoms with van der Waals surface area (Å²) in [5, 5.41) is 19.6. The number of aliphatic hydroxyl groups excluding tert-OH is 1. The molecule has 1 saturated heterocycles. The van der Waals surface area contributed by atoms with Gasteiger partial charge in [-0.2, -0.15) is 0 Å². The molecule has 0 bridgehead atoms. The van der Waals surface area contributed by atoms with Gasteiger partial charge < -0.3 is 19.8 Å². The van der Waals surface area contributed by atoms with Gasteiger partial charge in [0.05, 0.1) is 17.7 Å². The Balaban J connectivity index is 1.98. The van der Waals surface area contributed by atoms with E-state index in [-0.39, 0.29) is 23.2 Å². The molecule has 3 rings (SSSR count). The van der Waals surface area contributed by atoms with E-state index in [0.29, 0.717) is 18.7 Å². The molecular weight excluding hydrogens is 298 g/mol. The van der Waals surface area contributed by atoms with Gasteiger partial charge in [-0.05, 0) is 37.5 Å². The largest absolute Gasteiger partial charge is 0.508 e. The highest BCUT2D eigenvalue weighted by Crippen LogP contribution is 2.38. The molecule has 2 aliphatic heterocycles. The molecule has 1 aromatic rings. The molecule has 23 heavy (non-hydrogen) atoms. The van der Waals surface area contributed by atoms with E-state index in [1.165, 1.54) is 24.0 Å². The Morgan fingerprint density at radius 3 is 2.57 bits per heavy atom. The fraction of sp³-hybridized carbons (Fsp3) is 0.412. The number of carbonyl (C=O) groups is 2. The maximum absolute atomic E-state index is 12.4. The molecule has 6 nitrogen and oxygen atoms in total. The Bertz CT molecular complexity index is 658. The molecule has 2 N–H and O–H groups in total. The molecule has 0 unspecified atom stereocenters. The Morgan fingerprint density at radius 2 is 2.00 bits per heavy atom. The number of hydrogen-bond donors (Lipinski definition) is 2. The molecule has 122 valence electrons. The third-order valence-electron chi connectivity index (χ3n) is 4.32. The number of carbonyl (C=O) groups excluding carboxylic acids is 2. The van der Waals surface area contributed by atoms with E-state index in [2.05, 4.69) is 0 Å². The summed E-state index contributed by atoms with van der Waals surface area (Å²) >= 11 is 0. The predicted octanol–water partition coefficient (Wildman–Crippen LogP) is 1.86. The van der Waals surface area contributed by atoms with E-state index in [0.717, 1.165) is 12.8 Å². The van der Waals surface area contributed by atoms with Gasteiger partial charge in [0.1, 0.15) is 5.75 Å². The van der Waals surface area contributed by atoms with Crippen LogP contribution in [0.15, 0.2) is 35.6 Å². The zero-order valence-corrected chi connectivity index (χ0v) is 12.9. The van der Waals surface area contributed by atoms with E-state index in [1.807, 2.05) is 0 Å². The lowest BCUT2D eigenvalue weighted by atomic mass is 9.96. The number of Topliss-reactive ketones (excluding diaryl/α,β-unsaturated/α-hetero) is 1. The van der Waals surface area contributed by atoms with Crippen molar-refractivity contribution >= 4 is 11.7 Å². The minimum absolute atomic E-state index is 0.0855. The highest BCUT2D eigenvalue weighted by molar-refractivity contribution is 6.08. The highest BCUT2D eigenvalue weighted by atomic mass is 16.5. The molecule has 0 saturated carbocycles. The fourth-order valence-electron chi connectivity index (χ4n) is 3.21. The summed E-state index contributed by atoms with van der Waals surface area (Å²) in [7, 11) is 0. The van der Waals surface area contributed by atoms with Crippen molar-refractivity contribution in [1.29, 1.82) is 0 Å². The number of phenols is 1. The van der Waals surface area contributed by atoms with Crippen LogP contribution in [0.4, 0.5) is 0 Å². The topological polar surface area (TPSA) is 87.1 Å². The summed E-state index contributed by atoms with van der Waals surface area (Å²) < 4.78 is 5.58. The number of rotatable bonds is 4. The normalized spacial score (nSPS) is 24.6. The smallest absolute Gasteiger partial charge is 0.290 e. The molecular formula is C17H19NO5. The van der Waals surface area contributed by atoms with Crippen LogP contribution in [0.1, 0.15) is 31.4 Å². The molecule has 0 aliphatic carbocycles. The third-order valence-corrected chi connectivity index (χ3v) is 4.32. The number of nitrogens with zero attached hydrogens (tertiary/aromatic N) is 1. The van der Waals surface area contributed by atoms with Gasteiger partial charge in [0, 0.05) is 13.2 Å². The Morgan fingerprint density at radius 1 is 1.30 bits per heavy atom. The Hall–Kier alpha value is -2.34. The zero-order chi connectivity index (χ0) is 16.6. The molecule has 0 radical (unpaired) electrons. The third kappa shape index (κ3) is 2.82. The van der Waals surface area contributed by atoms with Crippen LogP contribution in [-0.2, 0) is 14.3 Å². The van der Waals surface area contributed by atoms with Crippen molar-refractivity contribution in [2.75, 3.05) is 13.2 Å². The molecule has 0 aromatic heterocycles. The minimum Gasteiger partial charge on any atom is -0.508 e. The van der Waals surface area contributed by atoms with E-state index in [4.69, 9.17) is 4.74 Å². The van der Waals surface area contributed by atoms with E-state index in [9.17, 15) is 19.8 Å². The monoisotopic (exact) mass is 317 g/mol. The first kappa shape index (κ1) is 15.6. The summed E-state index contributed by atoms with van der Waals surface area (Å²) in [5.74, 6) is -1.29. The first-order chi connectivity index (χ1) is 11.0. The van der Waals surface area contributed by atoms with Crippen LogP contribution >= 0.6 is 0 Å². The van der Waals surface area contributed by atoms with Gasteiger partial charge in [0.2, 0.25) is 0 Å². The predicted molar refractivity (Wildman–Crippen MR) is 81.9 cm³/mol. The second-order valence-corrected chi connectivity index (χ2v) is 5.91. The van der Waals surface area contributed by atoms with Gasteiger partial charge in [-0.1, -0.05) is 12.1 Å². The van der Waals surface area contributed by atoms with Crippen LogP contribution < -0.4 is 0 Å². The van der Waals surface area contributed by atoms with Gasteiger partial charge in [0.15, 0.2) is 11.5 Å². The maximum atomic E-state index is 12.4. The van der Waals surface area contributed by atoms with Crippen LogP contribution in [0.25, 0.3) is 0 Å². The number of hydrogen-bond acceptors (Lipinski definition) is 5. The van der Waals surface area contributed by atoms with Crippen LogP contribution in [0.5, 0.6) is 5.75 Å². The first-order valence-electron chi connectivity index (χ1n) is 7.64. The van der Waals surface area contributed by atoms with E-state index >= 15 is 0 Å². The van der Waals surface area contributed by atoms with E-state index in [1.54, 1.807) is 12.1 Å². The summed E-state index contributed by atoms with van der Waals surface area (Å²) in [6.45, 7) is 2.32. The van der Waals surface area contributed by atoms with Crippen LogP contribution in [-0.4, -0.2) is 46.1 Å². The lowest BCUT2D eigenvalue weighted by Crippen LogP contribution is -2.37. The lowest BCUT2D eigenvalue weighted by Gasteiger charge is -2.28. The van der Waals surface area contributed by atoms with Crippen molar-refractivity contribution in [3.05, 3.63) is 41.2 Å². The van der Waals surface area contributed by atoms with Crippen molar-refractivity contribution in [3.63, 3.8) is 0 Å². The fourth-order valence-corrected chi connectivity index (χ4v) is 3.21. The summed E-state index contributed by atoms with van der Waals surface area (Å²) in [4.78, 5) is 25.9. The molecule has 1 amide bonds. The zero-order valence-electron chi connectivity index (χ0n) is 12.9. The number of ether oxygens (including phenoxy) is 1. The quantitative estimate of drug-likeness (QED) is 0.885. The average Bonchev–Trinajstić information content (AvgIpc) is 3.10. The molecule has 2 atom stereocenters. The molecule has 1 aromatic carbocycles. The summed E-state index contributed by atoms with van der Waals surface area (Å²) in [6, 6.07) is 5.65. The highest BCUT2D eigenvalue weighted by Gasteiger charge is 2.43. The van der Waals surface area contributed by atoms with Crippen molar-refractivity contribution in [2.24, 2.45) is 0 Å².